The van der Waals surface area contributed by atoms with Crippen molar-refractivity contribution in [2.24, 2.45) is 5.92 Å². The zero-order valence-corrected chi connectivity index (χ0v) is 33.8. The molecule has 306 valence electrons. The Morgan fingerprint density at radius 2 is 1.70 bits per heavy atom. The molecule has 0 bridgehead atoms. The highest BCUT2D eigenvalue weighted by Gasteiger charge is 2.41. The number of alkyl carbamates (subject to hydrolysis) is 1. The number of aromatic nitrogens is 2. The van der Waals surface area contributed by atoms with Gasteiger partial charge in [0.1, 0.15) is 29.1 Å². The number of benzene rings is 1. The number of piperidine rings is 1. The summed E-state index contributed by atoms with van der Waals surface area (Å²) in [5.74, 6) is 0.713. The van der Waals surface area contributed by atoms with Crippen LogP contribution < -0.4 is 30.5 Å². The van der Waals surface area contributed by atoms with E-state index in [-0.39, 0.29) is 36.0 Å². The van der Waals surface area contributed by atoms with Crippen LogP contribution in [0.4, 0.5) is 27.9 Å². The number of carbonyl (C=O) groups is 4. The number of hydrogen-bond donors (Lipinski definition) is 4. The molecule has 3 heterocycles. The highest BCUT2D eigenvalue weighted by atomic mass is 16.6. The number of anilines is 4. The molecule has 15 heteroatoms. The Morgan fingerprint density at radius 3 is 2.32 bits per heavy atom. The molecule has 6 rings (SSSR count). The molecule has 1 aromatic heterocycles. The van der Waals surface area contributed by atoms with Crippen LogP contribution in [0.1, 0.15) is 115 Å². The van der Waals surface area contributed by atoms with Crippen LogP contribution in [-0.4, -0.2) is 107 Å². The first kappa shape index (κ1) is 41.0. The number of nitrogens with one attached hydrogen (secondary N) is 3. The average molecular weight is 777 g/mol. The molecular weight excluding hydrogens is 716 g/mol. The Bertz CT molecular complexity index is 1730. The van der Waals surface area contributed by atoms with Crippen molar-refractivity contribution in [1.82, 2.24) is 25.5 Å². The molecule has 1 aromatic carbocycles. The first-order valence-electron chi connectivity index (χ1n) is 20.4. The molecular formula is C41H60N8O7. The highest BCUT2D eigenvalue weighted by molar-refractivity contribution is 6.04. The van der Waals surface area contributed by atoms with E-state index in [1.807, 2.05) is 6.92 Å². The predicted octanol–water partition coefficient (Wildman–Crippen LogP) is 5.85. The van der Waals surface area contributed by atoms with E-state index in [0.717, 1.165) is 70.0 Å². The summed E-state index contributed by atoms with van der Waals surface area (Å²) in [7, 11) is 3.33. The van der Waals surface area contributed by atoms with E-state index in [4.69, 9.17) is 14.5 Å². The van der Waals surface area contributed by atoms with Crippen molar-refractivity contribution in [3.05, 3.63) is 30.0 Å². The summed E-state index contributed by atoms with van der Waals surface area (Å²) in [6.45, 7) is 8.70. The van der Waals surface area contributed by atoms with Crippen molar-refractivity contribution in [3.8, 4) is 5.75 Å². The minimum absolute atomic E-state index is 0.00385. The van der Waals surface area contributed by atoms with Crippen LogP contribution >= 0.6 is 0 Å². The van der Waals surface area contributed by atoms with Crippen LogP contribution in [0.25, 0.3) is 0 Å². The van der Waals surface area contributed by atoms with Gasteiger partial charge in [-0.05, 0) is 96.3 Å². The van der Waals surface area contributed by atoms with Crippen molar-refractivity contribution in [2.45, 2.75) is 141 Å². The van der Waals surface area contributed by atoms with Gasteiger partial charge >= 0.3 is 12.1 Å². The van der Waals surface area contributed by atoms with Crippen molar-refractivity contribution in [2.75, 3.05) is 42.4 Å². The number of rotatable bonds is 13. The molecule has 1 saturated heterocycles. The molecule has 2 aromatic rings. The standard InChI is InChI=1S/C41H60N8O7/c1-7-31-37(51)47(5)33-24-42-39(46-35(33)49(31)28-14-10-11-15-28)44-29-17-16-26(22-34(29)55-6)36(50)43-27-18-20-48(21-19-27)32(25-12-8-9-13-25)23-30(38(52)53)45-40(54)56-41(2,3)4/h16-17,22,24-25,27-28,30-32H,7-15,18-21,23H2,1-6H3,(H,43,50)(H,45,54)(H,52,53)(H,42,44,46)/t30-,31+,32?/m0/s1. The minimum Gasteiger partial charge on any atom is -0.495 e. The third kappa shape index (κ3) is 9.47. The van der Waals surface area contributed by atoms with Gasteiger partial charge in [0.2, 0.25) is 11.9 Å². The Kier molecular flexibility index (Phi) is 12.9. The number of likely N-dealkylation sites (N-methyl/N-ethyl adjacent to an activating group) is 1. The van der Waals surface area contributed by atoms with E-state index in [0.29, 0.717) is 60.5 Å². The normalized spacial score (nSPS) is 21.0. The Morgan fingerprint density at radius 1 is 1.02 bits per heavy atom. The highest BCUT2D eigenvalue weighted by Crippen LogP contribution is 2.41. The predicted molar refractivity (Wildman–Crippen MR) is 214 cm³/mol. The topological polar surface area (TPSA) is 179 Å². The van der Waals surface area contributed by atoms with E-state index < -0.39 is 23.7 Å². The zero-order valence-electron chi connectivity index (χ0n) is 33.8. The van der Waals surface area contributed by atoms with E-state index in [9.17, 15) is 24.3 Å². The lowest BCUT2D eigenvalue weighted by atomic mass is 9.88. The van der Waals surface area contributed by atoms with Gasteiger partial charge in [-0.2, -0.15) is 4.98 Å². The number of carbonyl (C=O) groups excluding carboxylic acids is 3. The van der Waals surface area contributed by atoms with Crippen LogP contribution in [-0.2, 0) is 14.3 Å². The number of carboxylic acid groups (broad SMARTS) is 1. The lowest BCUT2D eigenvalue weighted by molar-refractivity contribution is -0.140. The van der Waals surface area contributed by atoms with Gasteiger partial charge in [-0.3, -0.25) is 14.5 Å². The second-order valence-electron chi connectivity index (χ2n) is 16.8. The van der Waals surface area contributed by atoms with Crippen LogP contribution in [0.2, 0.25) is 0 Å². The number of aliphatic carboxylic acids is 1. The summed E-state index contributed by atoms with van der Waals surface area (Å²) in [5, 5.41) is 19.1. The molecule has 3 amide bonds. The lowest BCUT2D eigenvalue weighted by Crippen LogP contribution is -2.55. The van der Waals surface area contributed by atoms with Gasteiger partial charge in [0, 0.05) is 43.8 Å². The van der Waals surface area contributed by atoms with Crippen molar-refractivity contribution >= 4 is 47.0 Å². The monoisotopic (exact) mass is 776 g/mol. The number of ether oxygens (including phenoxy) is 2. The second-order valence-corrected chi connectivity index (χ2v) is 16.8. The van der Waals surface area contributed by atoms with E-state index in [2.05, 4.69) is 30.7 Å². The summed E-state index contributed by atoms with van der Waals surface area (Å²) in [6, 6.07) is 4.10. The molecule has 1 unspecified atom stereocenters. The fraction of sp³-hybridized carbons (Fsp3) is 0.659. The zero-order chi connectivity index (χ0) is 40.1. The number of likely N-dealkylation sites (tertiary alicyclic amines) is 1. The Balaban J connectivity index is 1.09. The molecule has 2 saturated carbocycles. The minimum atomic E-state index is -1.07. The smallest absolute Gasteiger partial charge is 0.408 e. The lowest BCUT2D eigenvalue weighted by Gasteiger charge is -2.43. The van der Waals surface area contributed by atoms with Gasteiger partial charge in [-0.15, -0.1) is 0 Å². The van der Waals surface area contributed by atoms with Gasteiger partial charge in [0.15, 0.2) is 5.82 Å². The molecule has 2 aliphatic carbocycles. The van der Waals surface area contributed by atoms with Gasteiger partial charge in [0.05, 0.1) is 19.0 Å². The molecule has 0 spiro atoms. The largest absolute Gasteiger partial charge is 0.495 e. The molecule has 56 heavy (non-hydrogen) atoms. The van der Waals surface area contributed by atoms with Crippen molar-refractivity contribution in [3.63, 3.8) is 0 Å². The molecule has 0 radical (unpaired) electrons. The summed E-state index contributed by atoms with van der Waals surface area (Å²) in [6.07, 6.45) is 12.0. The fourth-order valence-electron chi connectivity index (χ4n) is 9.04. The first-order chi connectivity index (χ1) is 26.8. The molecule has 2 aliphatic heterocycles. The summed E-state index contributed by atoms with van der Waals surface area (Å²) in [4.78, 5) is 67.4. The van der Waals surface area contributed by atoms with Crippen LogP contribution in [0.3, 0.4) is 0 Å². The number of carboxylic acids is 1. The number of amides is 3. The quantitative estimate of drug-likeness (QED) is 0.191. The van der Waals surface area contributed by atoms with E-state index >= 15 is 0 Å². The van der Waals surface area contributed by atoms with Crippen LogP contribution in [0.15, 0.2) is 24.4 Å². The molecule has 3 atom stereocenters. The molecule has 4 N–H and O–H groups in total. The maximum absolute atomic E-state index is 13.6. The molecule has 3 fully saturated rings. The number of fused-ring (bicyclic) bond motifs is 1. The molecule has 4 aliphatic rings. The van der Waals surface area contributed by atoms with Crippen molar-refractivity contribution in [1.29, 1.82) is 0 Å². The van der Waals surface area contributed by atoms with E-state index in [1.165, 1.54) is 0 Å². The van der Waals surface area contributed by atoms with Gasteiger partial charge in [-0.1, -0.05) is 32.6 Å². The first-order valence-corrected chi connectivity index (χ1v) is 20.4. The summed E-state index contributed by atoms with van der Waals surface area (Å²) in [5.41, 5.74) is 1.02. The summed E-state index contributed by atoms with van der Waals surface area (Å²) < 4.78 is 11.1. The number of hydrogen-bond acceptors (Lipinski definition) is 11. The number of nitrogens with zero attached hydrogens (tertiary/aromatic N) is 5. The van der Waals surface area contributed by atoms with Gasteiger partial charge in [0.25, 0.3) is 5.91 Å². The Hall–Kier alpha value is -4.66. The fourth-order valence-corrected chi connectivity index (χ4v) is 9.04. The van der Waals surface area contributed by atoms with Crippen LogP contribution in [0, 0.1) is 5.92 Å². The number of methoxy groups -OCH3 is 1. The average Bonchev–Trinajstić information content (AvgIpc) is 3.90. The third-order valence-electron chi connectivity index (χ3n) is 11.9. The third-order valence-corrected chi connectivity index (χ3v) is 11.9. The maximum Gasteiger partial charge on any atom is 0.408 e. The van der Waals surface area contributed by atoms with E-state index in [1.54, 1.807) is 64.2 Å². The summed E-state index contributed by atoms with van der Waals surface area (Å²) >= 11 is 0. The molecule has 15 nitrogen and oxygen atoms in total. The second kappa shape index (κ2) is 17.6. The maximum atomic E-state index is 13.6. The Labute approximate surface area is 330 Å². The van der Waals surface area contributed by atoms with Crippen LogP contribution in [0.5, 0.6) is 5.75 Å². The van der Waals surface area contributed by atoms with Gasteiger partial charge in [-0.25, -0.2) is 14.6 Å². The van der Waals surface area contributed by atoms with Crippen molar-refractivity contribution < 1.29 is 33.8 Å². The SMILES string of the molecule is CC[C@@H]1C(=O)N(C)c2cnc(Nc3ccc(C(=O)NC4CCN(C(C[C@H](NC(=O)OC(C)(C)C)C(=O)O)C5CCCC5)CC4)cc3OC)nc2N1C1CCCC1. The van der Waals surface area contributed by atoms with Gasteiger partial charge < -0.3 is 40.3 Å².